The van der Waals surface area contributed by atoms with E-state index in [1.165, 1.54) is 0 Å². The Hall–Kier alpha value is -3.35. The van der Waals surface area contributed by atoms with Crippen LogP contribution in [0.15, 0.2) is 42.5 Å². The van der Waals surface area contributed by atoms with Gasteiger partial charge in [0.05, 0.1) is 0 Å². The summed E-state index contributed by atoms with van der Waals surface area (Å²) in [6.07, 6.45) is 3.13. The summed E-state index contributed by atoms with van der Waals surface area (Å²) in [5.41, 5.74) is 3.72. The van der Waals surface area contributed by atoms with Crippen LogP contribution < -0.4 is 10.6 Å². The average Bonchev–Trinajstić information content (AvgIpc) is 2.82. The lowest BCUT2D eigenvalue weighted by atomic mass is 9.95. The number of rotatable bonds is 11. The van der Waals surface area contributed by atoms with E-state index in [0.717, 1.165) is 47.9 Å². The first-order chi connectivity index (χ1) is 17.4. The van der Waals surface area contributed by atoms with Gasteiger partial charge in [0, 0.05) is 12.2 Å². The van der Waals surface area contributed by atoms with Crippen molar-refractivity contribution in [2.24, 2.45) is 0 Å². The predicted octanol–water partition coefficient (Wildman–Crippen LogP) is 6.23. The molecule has 37 heavy (non-hydrogen) atoms. The van der Waals surface area contributed by atoms with E-state index >= 15 is 0 Å². The minimum absolute atomic E-state index is 0.262. The zero-order valence-corrected chi connectivity index (χ0v) is 23.4. The minimum Gasteiger partial charge on any atom is -0.444 e. The van der Waals surface area contributed by atoms with Crippen LogP contribution in [0.5, 0.6) is 0 Å². The van der Waals surface area contributed by atoms with Crippen molar-refractivity contribution in [1.82, 2.24) is 10.2 Å². The third-order valence-electron chi connectivity index (χ3n) is 6.26. The lowest BCUT2D eigenvalue weighted by Crippen LogP contribution is -2.47. The molecule has 0 aromatic heterocycles. The summed E-state index contributed by atoms with van der Waals surface area (Å²) in [5, 5.41) is 5.61. The number of benzene rings is 2. The number of nitrogens with one attached hydrogen (secondary N) is 2. The number of unbranched alkanes of at least 4 members (excludes halogenated alkanes) is 3. The van der Waals surface area contributed by atoms with Gasteiger partial charge in [-0.2, -0.15) is 0 Å². The van der Waals surface area contributed by atoms with Gasteiger partial charge in [-0.25, -0.2) is 4.79 Å². The van der Waals surface area contributed by atoms with E-state index in [9.17, 15) is 14.4 Å². The molecule has 0 heterocycles. The molecule has 0 spiro atoms. The van der Waals surface area contributed by atoms with Crippen molar-refractivity contribution in [3.05, 3.63) is 64.7 Å². The number of hydrogen-bond donors (Lipinski definition) is 2. The molecule has 2 aromatic rings. The molecule has 2 rings (SSSR count). The van der Waals surface area contributed by atoms with Gasteiger partial charge < -0.3 is 20.3 Å². The van der Waals surface area contributed by atoms with Gasteiger partial charge in [-0.1, -0.05) is 62.6 Å². The number of alkyl carbamates (subject to hydrolysis) is 1. The van der Waals surface area contributed by atoms with Crippen LogP contribution >= 0.6 is 0 Å². The Morgan fingerprint density at radius 3 is 2.24 bits per heavy atom. The minimum atomic E-state index is -0.853. The first-order valence-corrected chi connectivity index (χ1v) is 13.1. The van der Waals surface area contributed by atoms with Crippen LogP contribution in [-0.4, -0.2) is 41.5 Å². The van der Waals surface area contributed by atoms with Crippen LogP contribution in [0, 0.1) is 20.8 Å². The van der Waals surface area contributed by atoms with Crippen LogP contribution in [0.25, 0.3) is 0 Å². The van der Waals surface area contributed by atoms with Gasteiger partial charge in [0.2, 0.25) is 5.91 Å². The zero-order chi connectivity index (χ0) is 27.6. The van der Waals surface area contributed by atoms with Gasteiger partial charge in [0.25, 0.3) is 5.91 Å². The number of nitrogens with zero attached hydrogens (tertiary/aromatic N) is 1. The van der Waals surface area contributed by atoms with Crippen molar-refractivity contribution >= 4 is 23.6 Å². The number of carbonyl (C=O) groups excluding carboxylic acids is 3. The molecule has 7 heteroatoms. The molecule has 0 saturated carbocycles. The van der Waals surface area contributed by atoms with Crippen molar-refractivity contribution in [1.29, 1.82) is 0 Å². The Bertz CT molecular complexity index is 1070. The molecule has 0 aliphatic heterocycles. The molecular formula is C30H43N3O4. The monoisotopic (exact) mass is 509 g/mol. The number of para-hydroxylation sites is 1. The largest absolute Gasteiger partial charge is 0.444 e. The fourth-order valence-electron chi connectivity index (χ4n) is 4.11. The number of hydrogen-bond acceptors (Lipinski definition) is 4. The quantitative estimate of drug-likeness (QED) is 0.352. The fraction of sp³-hybridized carbons (Fsp3) is 0.500. The van der Waals surface area contributed by atoms with Gasteiger partial charge >= 0.3 is 6.09 Å². The van der Waals surface area contributed by atoms with Crippen molar-refractivity contribution in [3.63, 3.8) is 0 Å². The van der Waals surface area contributed by atoms with Gasteiger partial charge in [0.1, 0.15) is 18.2 Å². The Kier molecular flexibility index (Phi) is 11.2. The average molecular weight is 510 g/mol. The lowest BCUT2D eigenvalue weighted by Gasteiger charge is -2.33. The number of anilines is 1. The number of ether oxygens (including phenoxy) is 1. The van der Waals surface area contributed by atoms with Crippen molar-refractivity contribution in [3.8, 4) is 0 Å². The highest BCUT2D eigenvalue weighted by Gasteiger charge is 2.33. The molecule has 0 radical (unpaired) electrons. The fourth-order valence-corrected chi connectivity index (χ4v) is 4.11. The first-order valence-electron chi connectivity index (χ1n) is 13.1. The standard InChI is InChI=1S/C30H43N3O4/c1-8-9-10-13-19-33(26(34)20-31-29(36)37-30(5,6)7)27(24-17-14-16-21(2)23(24)4)28(35)32-25-18-12-11-15-22(25)3/h11-12,14-18,27H,8-10,13,19-20H2,1-7H3,(H,31,36)(H,32,35). The second-order valence-electron chi connectivity index (χ2n) is 10.5. The summed E-state index contributed by atoms with van der Waals surface area (Å²) in [6.45, 7) is 13.5. The van der Waals surface area contributed by atoms with Crippen LogP contribution in [0.3, 0.4) is 0 Å². The molecule has 0 aliphatic rings. The van der Waals surface area contributed by atoms with Gasteiger partial charge in [-0.3, -0.25) is 9.59 Å². The predicted molar refractivity (Wildman–Crippen MR) is 149 cm³/mol. The third-order valence-corrected chi connectivity index (χ3v) is 6.26. The molecule has 0 aliphatic carbocycles. The van der Waals surface area contributed by atoms with Crippen LogP contribution in [0.4, 0.5) is 10.5 Å². The van der Waals surface area contributed by atoms with Crippen LogP contribution in [0.1, 0.15) is 81.7 Å². The maximum Gasteiger partial charge on any atom is 0.408 e. The summed E-state index contributed by atoms with van der Waals surface area (Å²) < 4.78 is 5.30. The van der Waals surface area contributed by atoms with Crippen LogP contribution in [-0.2, 0) is 14.3 Å². The molecule has 3 amide bonds. The van der Waals surface area contributed by atoms with Crippen LogP contribution in [0.2, 0.25) is 0 Å². The first kappa shape index (κ1) is 29.9. The SMILES string of the molecule is CCCCCCN(C(=O)CNC(=O)OC(C)(C)C)C(C(=O)Nc1ccccc1C)c1cccc(C)c1C. The number of aryl methyl sites for hydroxylation is 2. The zero-order valence-electron chi connectivity index (χ0n) is 23.4. The van der Waals surface area contributed by atoms with E-state index in [0.29, 0.717) is 12.2 Å². The molecule has 202 valence electrons. The number of amides is 3. The smallest absolute Gasteiger partial charge is 0.408 e. The third kappa shape index (κ3) is 9.23. The van der Waals surface area contributed by atoms with E-state index in [1.807, 2.05) is 63.2 Å². The topological polar surface area (TPSA) is 87.7 Å². The molecular weight excluding hydrogens is 466 g/mol. The Morgan fingerprint density at radius 1 is 0.919 bits per heavy atom. The molecule has 0 bridgehead atoms. The molecule has 2 N–H and O–H groups in total. The van der Waals surface area contributed by atoms with Crippen molar-refractivity contribution in [2.45, 2.75) is 85.8 Å². The van der Waals surface area contributed by atoms with E-state index in [4.69, 9.17) is 4.74 Å². The maximum absolute atomic E-state index is 13.9. The van der Waals surface area contributed by atoms with Gasteiger partial charge in [-0.15, -0.1) is 0 Å². The van der Waals surface area contributed by atoms with Crippen molar-refractivity contribution < 1.29 is 19.1 Å². The second kappa shape index (κ2) is 13.8. The Morgan fingerprint density at radius 2 is 1.59 bits per heavy atom. The van der Waals surface area contributed by atoms with E-state index in [2.05, 4.69) is 17.6 Å². The van der Waals surface area contributed by atoms with E-state index < -0.39 is 17.7 Å². The maximum atomic E-state index is 13.9. The molecule has 1 atom stereocenters. The Labute approximate surface area is 222 Å². The van der Waals surface area contributed by atoms with Crippen molar-refractivity contribution in [2.75, 3.05) is 18.4 Å². The van der Waals surface area contributed by atoms with E-state index in [1.54, 1.807) is 25.7 Å². The highest BCUT2D eigenvalue weighted by atomic mass is 16.6. The summed E-state index contributed by atoms with van der Waals surface area (Å²) in [4.78, 5) is 41.3. The summed E-state index contributed by atoms with van der Waals surface area (Å²) in [6, 6.07) is 12.5. The molecule has 0 fully saturated rings. The van der Waals surface area contributed by atoms with Gasteiger partial charge in [-0.05, 0) is 76.3 Å². The normalized spacial score (nSPS) is 12.0. The summed E-state index contributed by atoms with van der Waals surface area (Å²) >= 11 is 0. The second-order valence-corrected chi connectivity index (χ2v) is 10.5. The van der Waals surface area contributed by atoms with E-state index in [-0.39, 0.29) is 18.4 Å². The van der Waals surface area contributed by atoms with Gasteiger partial charge in [0.15, 0.2) is 0 Å². The Balaban J connectivity index is 2.43. The molecule has 0 saturated heterocycles. The highest BCUT2D eigenvalue weighted by Crippen LogP contribution is 2.29. The molecule has 1 unspecified atom stereocenters. The summed E-state index contributed by atoms with van der Waals surface area (Å²) in [5.74, 6) is -0.627. The molecule has 2 aromatic carbocycles. The summed E-state index contributed by atoms with van der Waals surface area (Å²) in [7, 11) is 0. The highest BCUT2D eigenvalue weighted by molar-refractivity contribution is 5.99. The lowest BCUT2D eigenvalue weighted by molar-refractivity contribution is -0.138. The molecule has 7 nitrogen and oxygen atoms in total. The number of carbonyl (C=O) groups is 3.